The number of ketones is 2. The molecule has 0 saturated heterocycles. The van der Waals surface area contributed by atoms with Crippen LogP contribution in [0.1, 0.15) is 65.6 Å². The van der Waals surface area contributed by atoms with Crippen LogP contribution in [0.15, 0.2) is 48.5 Å². The van der Waals surface area contributed by atoms with Crippen molar-refractivity contribution in [3.63, 3.8) is 0 Å². The van der Waals surface area contributed by atoms with Crippen molar-refractivity contribution >= 4 is 11.6 Å². The van der Waals surface area contributed by atoms with Crippen LogP contribution in [0.5, 0.6) is 0 Å². The van der Waals surface area contributed by atoms with Crippen LogP contribution in [0.2, 0.25) is 0 Å². The van der Waals surface area contributed by atoms with Gasteiger partial charge in [0.05, 0.1) is 39.6 Å². The van der Waals surface area contributed by atoms with Crippen LogP contribution in [0.25, 0.3) is 0 Å². The molecule has 2 rings (SSSR count). The van der Waals surface area contributed by atoms with Gasteiger partial charge in [-0.05, 0) is 38.8 Å². The van der Waals surface area contributed by atoms with Gasteiger partial charge in [0.15, 0.2) is 11.6 Å². The van der Waals surface area contributed by atoms with Crippen LogP contribution in [0.4, 0.5) is 0 Å². The Morgan fingerprint density at radius 1 is 0.686 bits per heavy atom. The number of carbonyl (C=O) groups excluding carboxylic acids is 2. The van der Waals surface area contributed by atoms with E-state index in [1.54, 1.807) is 48.5 Å². The van der Waals surface area contributed by atoms with Gasteiger partial charge < -0.3 is 29.5 Å². The zero-order valence-electron chi connectivity index (χ0n) is 20.8. The van der Waals surface area contributed by atoms with Crippen LogP contribution < -0.4 is 0 Å². The maximum Gasteiger partial charge on any atom is 0.193 e. The molecule has 0 spiro atoms. The van der Waals surface area contributed by atoms with E-state index >= 15 is 0 Å². The van der Waals surface area contributed by atoms with E-state index in [0.717, 1.165) is 11.1 Å². The summed E-state index contributed by atoms with van der Waals surface area (Å²) in [6.07, 6.45) is -0.498. The number of Topliss-reactive ketones (excluding diaryl/α,β-unsaturated/α-hetero) is 2. The normalized spacial score (nSPS) is 12.2. The molecule has 0 radical (unpaired) electrons. The summed E-state index contributed by atoms with van der Waals surface area (Å²) in [5.41, 5.74) is -0.610. The number of aliphatic hydroxyl groups is 3. The van der Waals surface area contributed by atoms with E-state index in [9.17, 15) is 19.8 Å². The highest BCUT2D eigenvalue weighted by Crippen LogP contribution is 2.28. The summed E-state index contributed by atoms with van der Waals surface area (Å²) in [7, 11) is 0. The molecule has 0 bridgehead atoms. The first-order chi connectivity index (χ1) is 16.4. The molecule has 2 aromatic rings. The van der Waals surface area contributed by atoms with Gasteiger partial charge in [0.2, 0.25) is 0 Å². The van der Waals surface area contributed by atoms with Crippen LogP contribution in [-0.2, 0) is 14.2 Å². The smallest absolute Gasteiger partial charge is 0.193 e. The van der Waals surface area contributed by atoms with E-state index in [0.29, 0.717) is 30.9 Å². The molecule has 8 heteroatoms. The Balaban J connectivity index is 2.17. The molecule has 0 unspecified atom stereocenters. The van der Waals surface area contributed by atoms with E-state index < -0.39 is 17.3 Å². The first-order valence-corrected chi connectivity index (χ1v) is 11.6. The predicted molar refractivity (Wildman–Crippen MR) is 131 cm³/mol. The molecule has 0 aliphatic carbocycles. The van der Waals surface area contributed by atoms with Crippen molar-refractivity contribution in [3.8, 4) is 0 Å². The molecular formula is C27H36O8. The molecule has 3 N–H and O–H groups in total. The lowest BCUT2D eigenvalue weighted by Gasteiger charge is -2.21. The molecule has 192 valence electrons. The standard InChI is InChI=1S/C27H36O8/c1-26(2,31)24(29)21-9-5-19(6-10-21)23(35-18-17-34-16-15-33-14-13-28)20-7-11-22(12-8-20)25(30)27(3,4)32/h5-12,23,28,31-32H,13-18H2,1-4H3. The molecule has 35 heavy (non-hydrogen) atoms. The molecule has 0 aliphatic rings. The Morgan fingerprint density at radius 3 is 1.43 bits per heavy atom. The molecular weight excluding hydrogens is 452 g/mol. The minimum Gasteiger partial charge on any atom is -0.394 e. The Labute approximate surface area is 206 Å². The van der Waals surface area contributed by atoms with Crippen molar-refractivity contribution in [1.29, 1.82) is 0 Å². The number of hydrogen-bond donors (Lipinski definition) is 3. The van der Waals surface area contributed by atoms with Gasteiger partial charge in [-0.1, -0.05) is 48.5 Å². The average Bonchev–Trinajstić information content (AvgIpc) is 2.81. The number of rotatable bonds is 15. The van der Waals surface area contributed by atoms with Gasteiger partial charge in [0, 0.05) is 11.1 Å². The Morgan fingerprint density at radius 2 is 1.06 bits per heavy atom. The highest BCUT2D eigenvalue weighted by molar-refractivity contribution is 6.02. The van der Waals surface area contributed by atoms with E-state index in [-0.39, 0.29) is 31.4 Å². The molecule has 0 fully saturated rings. The van der Waals surface area contributed by atoms with Gasteiger partial charge in [-0.25, -0.2) is 0 Å². The van der Waals surface area contributed by atoms with Crippen molar-refractivity contribution < 1.29 is 39.1 Å². The highest BCUT2D eigenvalue weighted by Gasteiger charge is 2.27. The lowest BCUT2D eigenvalue weighted by molar-refractivity contribution is -0.00569. The number of carbonyl (C=O) groups is 2. The SMILES string of the molecule is CC(C)(O)C(=O)c1ccc(C(OCCOCCOCCO)c2ccc(C(=O)C(C)(C)O)cc2)cc1. The number of aliphatic hydroxyl groups excluding tert-OH is 1. The molecule has 0 atom stereocenters. The van der Waals surface area contributed by atoms with Gasteiger partial charge in [-0.15, -0.1) is 0 Å². The Hall–Kier alpha value is -2.46. The average molecular weight is 489 g/mol. The third-order valence-electron chi connectivity index (χ3n) is 5.18. The summed E-state index contributed by atoms with van der Waals surface area (Å²) >= 11 is 0. The maximum absolute atomic E-state index is 12.4. The maximum atomic E-state index is 12.4. The van der Waals surface area contributed by atoms with Crippen molar-refractivity contribution in [1.82, 2.24) is 0 Å². The number of hydrogen-bond acceptors (Lipinski definition) is 8. The van der Waals surface area contributed by atoms with Crippen LogP contribution in [0.3, 0.4) is 0 Å². The van der Waals surface area contributed by atoms with Crippen LogP contribution in [-0.4, -0.2) is 77.7 Å². The number of ether oxygens (including phenoxy) is 3. The summed E-state index contributed by atoms with van der Waals surface area (Å²) < 4.78 is 16.8. The molecule has 0 heterocycles. The van der Waals surface area contributed by atoms with Crippen molar-refractivity contribution in [2.75, 3.05) is 39.6 Å². The first-order valence-electron chi connectivity index (χ1n) is 11.6. The fourth-order valence-corrected chi connectivity index (χ4v) is 3.32. The second kappa shape index (κ2) is 13.0. The van der Waals surface area contributed by atoms with Crippen LogP contribution >= 0.6 is 0 Å². The van der Waals surface area contributed by atoms with Gasteiger partial charge in [-0.2, -0.15) is 0 Å². The molecule has 2 aromatic carbocycles. The zero-order valence-corrected chi connectivity index (χ0v) is 20.8. The quantitative estimate of drug-likeness (QED) is 0.258. The molecule has 8 nitrogen and oxygen atoms in total. The third kappa shape index (κ3) is 8.92. The molecule has 0 aliphatic heterocycles. The highest BCUT2D eigenvalue weighted by atomic mass is 16.5. The summed E-state index contributed by atoms with van der Waals surface area (Å²) in [6, 6.07) is 13.7. The Kier molecular flexibility index (Phi) is 10.7. The lowest BCUT2D eigenvalue weighted by atomic mass is 9.92. The van der Waals surface area contributed by atoms with Gasteiger partial charge in [-0.3, -0.25) is 9.59 Å². The summed E-state index contributed by atoms with van der Waals surface area (Å²) in [6.45, 7) is 7.35. The van der Waals surface area contributed by atoms with Crippen molar-refractivity contribution in [2.24, 2.45) is 0 Å². The fourth-order valence-electron chi connectivity index (χ4n) is 3.32. The molecule has 0 saturated carbocycles. The van der Waals surface area contributed by atoms with Gasteiger partial charge in [0.1, 0.15) is 17.3 Å². The monoisotopic (exact) mass is 488 g/mol. The van der Waals surface area contributed by atoms with Gasteiger partial charge in [0.25, 0.3) is 0 Å². The van der Waals surface area contributed by atoms with Crippen molar-refractivity contribution in [2.45, 2.75) is 45.0 Å². The minimum atomic E-state index is -1.47. The summed E-state index contributed by atoms with van der Waals surface area (Å²) in [5, 5.41) is 28.7. The topological polar surface area (TPSA) is 123 Å². The van der Waals surface area contributed by atoms with E-state index in [2.05, 4.69) is 0 Å². The molecule has 0 aromatic heterocycles. The van der Waals surface area contributed by atoms with E-state index in [1.807, 2.05) is 0 Å². The number of benzene rings is 2. The fraction of sp³-hybridized carbons (Fsp3) is 0.481. The second-order valence-corrected chi connectivity index (χ2v) is 9.22. The summed E-state index contributed by atoms with van der Waals surface area (Å²) in [5.74, 6) is -0.763. The van der Waals surface area contributed by atoms with E-state index in [1.165, 1.54) is 27.7 Å². The Bertz CT molecular complexity index is 868. The molecule has 0 amide bonds. The largest absolute Gasteiger partial charge is 0.394 e. The van der Waals surface area contributed by atoms with Crippen LogP contribution in [0, 0.1) is 0 Å². The zero-order chi connectivity index (χ0) is 26.1. The third-order valence-corrected chi connectivity index (χ3v) is 5.18. The van der Waals surface area contributed by atoms with Crippen molar-refractivity contribution in [3.05, 3.63) is 70.8 Å². The first kappa shape index (κ1) is 28.8. The van der Waals surface area contributed by atoms with Gasteiger partial charge >= 0.3 is 0 Å². The lowest BCUT2D eigenvalue weighted by Crippen LogP contribution is -2.31. The van der Waals surface area contributed by atoms with E-state index in [4.69, 9.17) is 19.3 Å². The minimum absolute atomic E-state index is 0.0365. The predicted octanol–water partition coefficient (Wildman–Crippen LogP) is 2.73. The second-order valence-electron chi connectivity index (χ2n) is 9.22. The summed E-state index contributed by atoms with van der Waals surface area (Å²) in [4.78, 5) is 24.7.